The summed E-state index contributed by atoms with van der Waals surface area (Å²) in [4.78, 5) is 6.75. The molecule has 0 saturated carbocycles. The molecule has 5 heteroatoms. The van der Waals surface area contributed by atoms with Crippen molar-refractivity contribution in [1.29, 1.82) is 0 Å². The lowest BCUT2D eigenvalue weighted by molar-refractivity contribution is 0.331. The first-order valence-corrected chi connectivity index (χ1v) is 8.14. The predicted octanol–water partition coefficient (Wildman–Crippen LogP) is 4.00. The lowest BCUT2D eigenvalue weighted by atomic mass is 10.2. The fourth-order valence-corrected chi connectivity index (χ4v) is 3.37. The molecule has 106 valence electrons. The molecule has 1 N–H and O–H groups in total. The summed E-state index contributed by atoms with van der Waals surface area (Å²) in [6.07, 6.45) is 4.38. The molecule has 0 radical (unpaired) electrons. The van der Waals surface area contributed by atoms with Gasteiger partial charge in [0.1, 0.15) is 9.34 Å². The van der Waals surface area contributed by atoms with Gasteiger partial charge in [-0.25, -0.2) is 4.98 Å². The lowest BCUT2D eigenvalue weighted by Gasteiger charge is -2.14. The van der Waals surface area contributed by atoms with Crippen molar-refractivity contribution in [3.63, 3.8) is 0 Å². The minimum absolute atomic E-state index is 0.725. The van der Waals surface area contributed by atoms with Gasteiger partial charge in [-0.3, -0.25) is 4.90 Å². The van der Waals surface area contributed by atoms with E-state index in [9.17, 15) is 0 Å². The van der Waals surface area contributed by atoms with Crippen molar-refractivity contribution in [3.8, 4) is 0 Å². The van der Waals surface area contributed by atoms with Crippen LogP contribution in [0.5, 0.6) is 0 Å². The molecule has 0 atom stereocenters. The van der Waals surface area contributed by atoms with Crippen LogP contribution in [0.4, 0.5) is 5.69 Å². The van der Waals surface area contributed by atoms with Crippen LogP contribution in [0.2, 0.25) is 4.34 Å². The molecule has 0 amide bonds. The van der Waals surface area contributed by atoms with Crippen LogP contribution in [-0.4, -0.2) is 23.0 Å². The lowest BCUT2D eigenvalue weighted by Crippen LogP contribution is -2.18. The molecule has 2 aromatic rings. The summed E-state index contributed by atoms with van der Waals surface area (Å²) in [5, 5.41) is 4.38. The molecule has 3 rings (SSSR count). The highest BCUT2D eigenvalue weighted by Crippen LogP contribution is 2.20. The molecule has 1 aliphatic rings. The van der Waals surface area contributed by atoms with E-state index in [1.54, 1.807) is 6.20 Å². The van der Waals surface area contributed by atoms with Crippen LogP contribution in [0.25, 0.3) is 0 Å². The summed E-state index contributed by atoms with van der Waals surface area (Å²) >= 11 is 7.38. The molecule has 1 aliphatic heterocycles. The van der Waals surface area contributed by atoms with Gasteiger partial charge in [0.15, 0.2) is 0 Å². The Kier molecular flexibility index (Phi) is 4.55. The van der Waals surface area contributed by atoms with Crippen molar-refractivity contribution in [3.05, 3.63) is 45.4 Å². The van der Waals surface area contributed by atoms with Gasteiger partial charge in [-0.05, 0) is 43.6 Å². The van der Waals surface area contributed by atoms with Crippen molar-refractivity contribution in [2.24, 2.45) is 0 Å². The van der Waals surface area contributed by atoms with Gasteiger partial charge in [-0.1, -0.05) is 23.7 Å². The maximum absolute atomic E-state index is 5.87. The van der Waals surface area contributed by atoms with E-state index >= 15 is 0 Å². The van der Waals surface area contributed by atoms with Gasteiger partial charge in [0, 0.05) is 12.2 Å². The fourth-order valence-electron chi connectivity index (χ4n) is 2.47. The van der Waals surface area contributed by atoms with Crippen LogP contribution in [0, 0.1) is 0 Å². The second-order valence-electron chi connectivity index (χ2n) is 5.09. The predicted molar refractivity (Wildman–Crippen MR) is 85.4 cm³/mol. The van der Waals surface area contributed by atoms with Gasteiger partial charge in [0.25, 0.3) is 0 Å². The van der Waals surface area contributed by atoms with Gasteiger partial charge in [-0.15, -0.1) is 11.3 Å². The molecular weight excluding hydrogens is 290 g/mol. The number of nitrogens with one attached hydrogen (secondary N) is 1. The number of rotatable bonds is 5. The number of hydrogen-bond acceptors (Lipinski definition) is 4. The molecular formula is C15H18ClN3S. The first kappa shape index (κ1) is 13.9. The number of benzene rings is 1. The standard InChI is InChI=1S/C15H18ClN3S/c16-14-9-18-15(20-14)10-17-13-5-3-12(4-6-13)11-19-7-1-2-8-19/h3-6,9,17H,1-2,7-8,10-11H2. The number of aromatic nitrogens is 1. The molecule has 20 heavy (non-hydrogen) atoms. The zero-order valence-corrected chi connectivity index (χ0v) is 12.9. The van der Waals surface area contributed by atoms with Gasteiger partial charge in [0.2, 0.25) is 0 Å². The van der Waals surface area contributed by atoms with Crippen molar-refractivity contribution < 1.29 is 0 Å². The molecule has 1 aromatic heterocycles. The number of halogens is 1. The Morgan fingerprint density at radius 1 is 1.20 bits per heavy atom. The zero-order chi connectivity index (χ0) is 13.8. The summed E-state index contributed by atoms with van der Waals surface area (Å²) in [5.41, 5.74) is 2.51. The average Bonchev–Trinajstić information content (AvgIpc) is 3.10. The SMILES string of the molecule is Clc1cnc(CNc2ccc(CN3CCCC3)cc2)s1. The van der Waals surface area contributed by atoms with Crippen LogP contribution in [-0.2, 0) is 13.1 Å². The molecule has 0 spiro atoms. The Labute approximate surface area is 128 Å². The number of hydrogen-bond donors (Lipinski definition) is 1. The number of thiazole rings is 1. The Hall–Kier alpha value is -1.10. The Balaban J connectivity index is 1.52. The second kappa shape index (κ2) is 6.57. The fraction of sp³-hybridized carbons (Fsp3) is 0.400. The van der Waals surface area contributed by atoms with E-state index < -0.39 is 0 Å². The number of likely N-dealkylation sites (tertiary alicyclic amines) is 1. The first-order chi connectivity index (χ1) is 9.79. The number of anilines is 1. The van der Waals surface area contributed by atoms with E-state index in [0.29, 0.717) is 0 Å². The molecule has 0 bridgehead atoms. The first-order valence-electron chi connectivity index (χ1n) is 6.95. The normalized spacial score (nSPS) is 15.7. The second-order valence-corrected chi connectivity index (χ2v) is 6.84. The molecule has 3 nitrogen and oxygen atoms in total. The summed E-state index contributed by atoms with van der Waals surface area (Å²) in [6, 6.07) is 8.69. The molecule has 2 heterocycles. The van der Waals surface area contributed by atoms with Crippen LogP contribution in [0.3, 0.4) is 0 Å². The van der Waals surface area contributed by atoms with Crippen molar-refractivity contribution >= 4 is 28.6 Å². The van der Waals surface area contributed by atoms with Crippen LogP contribution >= 0.6 is 22.9 Å². The van der Waals surface area contributed by atoms with E-state index in [-0.39, 0.29) is 0 Å². The van der Waals surface area contributed by atoms with Crippen molar-refractivity contribution in [2.75, 3.05) is 18.4 Å². The van der Waals surface area contributed by atoms with E-state index in [4.69, 9.17) is 11.6 Å². The van der Waals surface area contributed by atoms with E-state index in [1.165, 1.54) is 42.8 Å². The number of nitrogens with zero attached hydrogens (tertiary/aromatic N) is 2. The summed E-state index contributed by atoms with van der Waals surface area (Å²) in [7, 11) is 0. The highest BCUT2D eigenvalue weighted by atomic mass is 35.5. The molecule has 0 aliphatic carbocycles. The minimum Gasteiger partial charge on any atom is -0.379 e. The van der Waals surface area contributed by atoms with Gasteiger partial charge in [0.05, 0.1) is 12.7 Å². The van der Waals surface area contributed by atoms with Crippen LogP contribution in [0.15, 0.2) is 30.5 Å². The highest BCUT2D eigenvalue weighted by Gasteiger charge is 2.11. The molecule has 1 fully saturated rings. The smallest absolute Gasteiger partial charge is 0.113 e. The maximum atomic E-state index is 5.87. The molecule has 1 aromatic carbocycles. The van der Waals surface area contributed by atoms with Crippen molar-refractivity contribution in [2.45, 2.75) is 25.9 Å². The zero-order valence-electron chi connectivity index (χ0n) is 11.3. The third-order valence-electron chi connectivity index (χ3n) is 3.53. The Morgan fingerprint density at radius 2 is 1.95 bits per heavy atom. The Bertz CT molecular complexity index is 547. The van der Waals surface area contributed by atoms with Crippen molar-refractivity contribution in [1.82, 2.24) is 9.88 Å². The van der Waals surface area contributed by atoms with E-state index in [1.807, 2.05) is 0 Å². The third kappa shape index (κ3) is 3.72. The highest BCUT2D eigenvalue weighted by molar-refractivity contribution is 7.15. The minimum atomic E-state index is 0.725. The summed E-state index contributed by atoms with van der Waals surface area (Å²) in [6.45, 7) is 4.28. The summed E-state index contributed by atoms with van der Waals surface area (Å²) < 4.78 is 0.739. The van der Waals surface area contributed by atoms with Gasteiger partial charge in [-0.2, -0.15) is 0 Å². The van der Waals surface area contributed by atoms with E-state index in [0.717, 1.165) is 28.1 Å². The summed E-state index contributed by atoms with van der Waals surface area (Å²) in [5.74, 6) is 0. The van der Waals surface area contributed by atoms with E-state index in [2.05, 4.69) is 39.5 Å². The topological polar surface area (TPSA) is 28.2 Å². The largest absolute Gasteiger partial charge is 0.379 e. The maximum Gasteiger partial charge on any atom is 0.113 e. The Morgan fingerprint density at radius 3 is 2.60 bits per heavy atom. The van der Waals surface area contributed by atoms with Gasteiger partial charge < -0.3 is 5.32 Å². The van der Waals surface area contributed by atoms with Crippen LogP contribution < -0.4 is 5.32 Å². The quantitative estimate of drug-likeness (QED) is 0.905. The average molecular weight is 308 g/mol. The molecule has 1 saturated heterocycles. The van der Waals surface area contributed by atoms with Gasteiger partial charge >= 0.3 is 0 Å². The molecule has 0 unspecified atom stereocenters. The van der Waals surface area contributed by atoms with Crippen LogP contribution in [0.1, 0.15) is 23.4 Å². The third-order valence-corrected chi connectivity index (χ3v) is 4.64. The monoisotopic (exact) mass is 307 g/mol.